The normalized spacial score (nSPS) is 10.9. The first-order valence-corrected chi connectivity index (χ1v) is 3.97. The van der Waals surface area contributed by atoms with Gasteiger partial charge in [-0.1, -0.05) is 5.16 Å². The highest BCUT2D eigenvalue weighted by molar-refractivity contribution is 4.76. The molecule has 12 heavy (non-hydrogen) atoms. The van der Waals surface area contributed by atoms with Crippen LogP contribution in [0.3, 0.4) is 0 Å². The fourth-order valence-electron chi connectivity index (χ4n) is 0.944. The van der Waals surface area contributed by atoms with Crippen molar-refractivity contribution in [2.24, 2.45) is 5.73 Å². The number of hydrogen-bond acceptors (Lipinski definition) is 5. The van der Waals surface area contributed by atoms with Gasteiger partial charge in [0.05, 0.1) is 6.54 Å². The number of hydrogen-bond donors (Lipinski definition) is 1. The maximum Gasteiger partial charge on any atom is 0.213 e. The van der Waals surface area contributed by atoms with Gasteiger partial charge in [0.25, 0.3) is 0 Å². The molecule has 0 bridgehead atoms. The predicted molar refractivity (Wildman–Crippen MR) is 44.3 cm³/mol. The molecule has 5 heteroatoms. The molecule has 0 saturated carbocycles. The SMILES string of the molecule is CN(CCCN)Cc1ncon1. The molecule has 0 aliphatic rings. The van der Waals surface area contributed by atoms with Crippen molar-refractivity contribution < 1.29 is 4.52 Å². The molecule has 0 unspecified atom stereocenters. The molecule has 0 radical (unpaired) electrons. The molecule has 0 aromatic carbocycles. The van der Waals surface area contributed by atoms with Crippen LogP contribution in [0.25, 0.3) is 0 Å². The van der Waals surface area contributed by atoms with E-state index in [0.717, 1.165) is 31.9 Å². The predicted octanol–water partition coefficient (Wildman–Crippen LogP) is -0.150. The van der Waals surface area contributed by atoms with Crippen LogP contribution in [0.2, 0.25) is 0 Å². The molecule has 0 saturated heterocycles. The largest absolute Gasteiger partial charge is 0.343 e. The zero-order valence-electron chi connectivity index (χ0n) is 7.23. The fraction of sp³-hybridized carbons (Fsp3) is 0.714. The zero-order chi connectivity index (χ0) is 8.81. The lowest BCUT2D eigenvalue weighted by atomic mass is 10.4. The van der Waals surface area contributed by atoms with Crippen LogP contribution in [-0.4, -0.2) is 35.2 Å². The zero-order valence-corrected chi connectivity index (χ0v) is 7.23. The number of nitrogens with two attached hydrogens (primary N) is 1. The van der Waals surface area contributed by atoms with Crippen molar-refractivity contribution in [3.63, 3.8) is 0 Å². The molecule has 0 amide bonds. The standard InChI is InChI=1S/C7H14N4O/c1-11(4-2-3-8)5-7-9-6-12-10-7/h6H,2-5,8H2,1H3. The summed E-state index contributed by atoms with van der Waals surface area (Å²) in [5, 5.41) is 3.71. The highest BCUT2D eigenvalue weighted by Gasteiger charge is 2.02. The van der Waals surface area contributed by atoms with Crippen molar-refractivity contribution in [1.29, 1.82) is 0 Å². The van der Waals surface area contributed by atoms with E-state index in [-0.39, 0.29) is 0 Å². The number of rotatable bonds is 5. The van der Waals surface area contributed by atoms with Gasteiger partial charge < -0.3 is 10.3 Å². The third-order valence-electron chi connectivity index (χ3n) is 1.56. The molecule has 0 spiro atoms. The Labute approximate surface area is 71.5 Å². The van der Waals surface area contributed by atoms with Gasteiger partial charge in [-0.15, -0.1) is 0 Å². The minimum Gasteiger partial charge on any atom is -0.343 e. The lowest BCUT2D eigenvalue weighted by molar-refractivity contribution is 0.306. The van der Waals surface area contributed by atoms with Crippen molar-refractivity contribution in [1.82, 2.24) is 15.0 Å². The van der Waals surface area contributed by atoms with Crippen LogP contribution in [0.15, 0.2) is 10.9 Å². The summed E-state index contributed by atoms with van der Waals surface area (Å²) in [4.78, 5) is 6.02. The number of nitrogens with zero attached hydrogens (tertiary/aromatic N) is 3. The van der Waals surface area contributed by atoms with E-state index in [2.05, 4.69) is 19.6 Å². The Balaban J connectivity index is 2.22. The molecule has 0 fully saturated rings. The summed E-state index contributed by atoms with van der Waals surface area (Å²) in [6.45, 7) is 2.40. The summed E-state index contributed by atoms with van der Waals surface area (Å²) < 4.78 is 4.61. The Hall–Kier alpha value is -0.940. The molecule has 2 N–H and O–H groups in total. The monoisotopic (exact) mass is 170 g/mol. The third-order valence-corrected chi connectivity index (χ3v) is 1.56. The van der Waals surface area contributed by atoms with Gasteiger partial charge >= 0.3 is 0 Å². The van der Waals surface area contributed by atoms with Crippen LogP contribution < -0.4 is 5.73 Å². The van der Waals surface area contributed by atoms with Gasteiger partial charge in [-0.3, -0.25) is 4.90 Å². The van der Waals surface area contributed by atoms with Crippen molar-refractivity contribution in [3.05, 3.63) is 12.2 Å². The topological polar surface area (TPSA) is 68.2 Å². The van der Waals surface area contributed by atoms with E-state index < -0.39 is 0 Å². The van der Waals surface area contributed by atoms with Crippen molar-refractivity contribution in [2.75, 3.05) is 20.1 Å². The van der Waals surface area contributed by atoms with Crippen LogP contribution in [0.5, 0.6) is 0 Å². The smallest absolute Gasteiger partial charge is 0.213 e. The van der Waals surface area contributed by atoms with E-state index in [0.29, 0.717) is 0 Å². The summed E-state index contributed by atoms with van der Waals surface area (Å²) >= 11 is 0. The minimum absolute atomic E-state index is 0.717. The van der Waals surface area contributed by atoms with E-state index in [1.807, 2.05) is 7.05 Å². The molecule has 1 heterocycles. The van der Waals surface area contributed by atoms with Gasteiger partial charge in [-0.25, -0.2) is 0 Å². The van der Waals surface area contributed by atoms with E-state index in [1.54, 1.807) is 0 Å². The van der Waals surface area contributed by atoms with Crippen molar-refractivity contribution >= 4 is 0 Å². The second-order valence-electron chi connectivity index (χ2n) is 2.73. The molecule has 1 aromatic rings. The van der Waals surface area contributed by atoms with Gasteiger partial charge in [0.2, 0.25) is 6.39 Å². The Morgan fingerprint density at radius 3 is 3.08 bits per heavy atom. The molecule has 5 nitrogen and oxygen atoms in total. The van der Waals surface area contributed by atoms with Crippen LogP contribution in [0.1, 0.15) is 12.2 Å². The molecule has 0 atom stereocenters. The molecule has 0 aliphatic heterocycles. The Morgan fingerprint density at radius 2 is 2.50 bits per heavy atom. The molecular weight excluding hydrogens is 156 g/mol. The first-order valence-electron chi connectivity index (χ1n) is 3.97. The summed E-state index contributed by atoms with van der Waals surface area (Å²) in [5.74, 6) is 0.717. The Bertz CT molecular complexity index is 199. The summed E-state index contributed by atoms with van der Waals surface area (Å²) in [5.41, 5.74) is 5.37. The van der Waals surface area contributed by atoms with Crippen molar-refractivity contribution in [2.45, 2.75) is 13.0 Å². The minimum atomic E-state index is 0.717. The average molecular weight is 170 g/mol. The lowest BCUT2D eigenvalue weighted by Gasteiger charge is -2.12. The lowest BCUT2D eigenvalue weighted by Crippen LogP contribution is -2.21. The quantitative estimate of drug-likeness (QED) is 0.665. The Kier molecular flexibility index (Phi) is 3.69. The summed E-state index contributed by atoms with van der Waals surface area (Å²) in [7, 11) is 2.01. The highest BCUT2D eigenvalue weighted by Crippen LogP contribution is 1.95. The molecule has 1 aromatic heterocycles. The van der Waals surface area contributed by atoms with E-state index in [9.17, 15) is 0 Å². The summed E-state index contributed by atoms with van der Waals surface area (Å²) in [6, 6.07) is 0. The second kappa shape index (κ2) is 4.84. The van der Waals surface area contributed by atoms with Gasteiger partial charge in [0.15, 0.2) is 5.82 Å². The molecular formula is C7H14N4O. The van der Waals surface area contributed by atoms with E-state index in [4.69, 9.17) is 5.73 Å². The van der Waals surface area contributed by atoms with Gasteiger partial charge in [-0.05, 0) is 26.6 Å². The van der Waals surface area contributed by atoms with Crippen molar-refractivity contribution in [3.8, 4) is 0 Å². The molecule has 0 aliphatic carbocycles. The average Bonchev–Trinajstić information content (AvgIpc) is 2.53. The molecule has 1 rings (SSSR count). The molecule has 68 valence electrons. The van der Waals surface area contributed by atoms with Gasteiger partial charge in [-0.2, -0.15) is 4.98 Å². The highest BCUT2D eigenvalue weighted by atomic mass is 16.5. The maximum absolute atomic E-state index is 5.37. The maximum atomic E-state index is 5.37. The Morgan fingerprint density at radius 1 is 1.67 bits per heavy atom. The first-order chi connectivity index (χ1) is 5.83. The van der Waals surface area contributed by atoms with Gasteiger partial charge in [0.1, 0.15) is 0 Å². The van der Waals surface area contributed by atoms with Crippen LogP contribution in [0.4, 0.5) is 0 Å². The first kappa shape index (κ1) is 9.15. The summed E-state index contributed by atoms with van der Waals surface area (Å²) in [6.07, 6.45) is 2.33. The van der Waals surface area contributed by atoms with Crippen LogP contribution in [-0.2, 0) is 6.54 Å². The van der Waals surface area contributed by atoms with E-state index in [1.165, 1.54) is 6.39 Å². The van der Waals surface area contributed by atoms with Crippen LogP contribution in [0, 0.1) is 0 Å². The van der Waals surface area contributed by atoms with Gasteiger partial charge in [0, 0.05) is 0 Å². The third kappa shape index (κ3) is 2.98. The second-order valence-corrected chi connectivity index (χ2v) is 2.73. The van der Waals surface area contributed by atoms with E-state index >= 15 is 0 Å². The number of aromatic nitrogens is 2. The van der Waals surface area contributed by atoms with Crippen LogP contribution >= 0.6 is 0 Å². The fourth-order valence-corrected chi connectivity index (χ4v) is 0.944.